The molecule has 0 saturated heterocycles. The van der Waals surface area contributed by atoms with Crippen LogP contribution in [0.1, 0.15) is 20.8 Å². The standard InChI is InChI=1S/C18H23N3O7S/c1-4-27-17(23)15-11(2)19-18(24)20-14(15)10-28-16(22)12(3)21-29(25,26)13-8-6-5-7-9-13/h5-9,11-12,21H,4,10H2,1-3H3,(H2,19,20,24). The Morgan fingerprint density at radius 2 is 1.86 bits per heavy atom. The second-order valence-corrected chi connectivity index (χ2v) is 7.91. The monoisotopic (exact) mass is 425 g/mol. The summed E-state index contributed by atoms with van der Waals surface area (Å²) >= 11 is 0. The van der Waals surface area contributed by atoms with Crippen LogP contribution in [0.15, 0.2) is 46.5 Å². The van der Waals surface area contributed by atoms with Crippen LogP contribution >= 0.6 is 0 Å². The third-order valence-corrected chi connectivity index (χ3v) is 5.52. The lowest BCUT2D eigenvalue weighted by Gasteiger charge is -2.26. The van der Waals surface area contributed by atoms with E-state index in [1.165, 1.54) is 19.1 Å². The van der Waals surface area contributed by atoms with Gasteiger partial charge in [-0.2, -0.15) is 4.72 Å². The minimum atomic E-state index is -3.91. The minimum Gasteiger partial charge on any atom is -0.463 e. The highest BCUT2D eigenvalue weighted by atomic mass is 32.2. The summed E-state index contributed by atoms with van der Waals surface area (Å²) in [5.74, 6) is -1.53. The Hall–Kier alpha value is -2.92. The molecule has 1 aliphatic rings. The van der Waals surface area contributed by atoms with Crippen LogP contribution in [0, 0.1) is 0 Å². The van der Waals surface area contributed by atoms with Gasteiger partial charge in [-0.05, 0) is 32.9 Å². The second-order valence-electron chi connectivity index (χ2n) is 6.20. The van der Waals surface area contributed by atoms with E-state index in [9.17, 15) is 22.8 Å². The van der Waals surface area contributed by atoms with E-state index in [0.29, 0.717) is 0 Å². The third kappa shape index (κ3) is 5.78. The van der Waals surface area contributed by atoms with Crippen LogP contribution in [0.25, 0.3) is 0 Å². The van der Waals surface area contributed by atoms with Crippen molar-refractivity contribution in [3.63, 3.8) is 0 Å². The first-order valence-electron chi connectivity index (χ1n) is 8.87. The number of carbonyl (C=O) groups is 3. The molecule has 0 aliphatic carbocycles. The molecule has 0 fully saturated rings. The van der Waals surface area contributed by atoms with Crippen molar-refractivity contribution < 1.29 is 32.3 Å². The largest absolute Gasteiger partial charge is 0.463 e. The fourth-order valence-electron chi connectivity index (χ4n) is 2.61. The average molecular weight is 425 g/mol. The van der Waals surface area contributed by atoms with Gasteiger partial charge in [0.15, 0.2) is 0 Å². The summed E-state index contributed by atoms with van der Waals surface area (Å²) in [6.07, 6.45) is 0. The molecule has 10 nitrogen and oxygen atoms in total. The summed E-state index contributed by atoms with van der Waals surface area (Å²) in [5.41, 5.74) is 0.197. The second kappa shape index (κ2) is 9.52. The van der Waals surface area contributed by atoms with Crippen LogP contribution in [0.3, 0.4) is 0 Å². The smallest absolute Gasteiger partial charge is 0.338 e. The molecule has 3 N–H and O–H groups in total. The fraction of sp³-hybridized carbons (Fsp3) is 0.389. The normalized spacial score (nSPS) is 17.8. The molecule has 0 radical (unpaired) electrons. The third-order valence-electron chi connectivity index (χ3n) is 3.96. The van der Waals surface area contributed by atoms with E-state index in [1.54, 1.807) is 32.0 Å². The number of amides is 2. The van der Waals surface area contributed by atoms with Gasteiger partial charge >= 0.3 is 18.0 Å². The molecule has 29 heavy (non-hydrogen) atoms. The van der Waals surface area contributed by atoms with Gasteiger partial charge in [0.05, 0.1) is 28.8 Å². The van der Waals surface area contributed by atoms with Crippen molar-refractivity contribution in [2.45, 2.75) is 37.8 Å². The molecule has 0 saturated carbocycles. The lowest BCUT2D eigenvalue weighted by Crippen LogP contribution is -2.50. The summed E-state index contributed by atoms with van der Waals surface area (Å²) in [6, 6.07) is 5.16. The molecular weight excluding hydrogens is 402 g/mol. The Kier molecular flexibility index (Phi) is 7.35. The van der Waals surface area contributed by atoms with Crippen LogP contribution in [0.5, 0.6) is 0 Å². The van der Waals surface area contributed by atoms with E-state index in [4.69, 9.17) is 9.47 Å². The highest BCUT2D eigenvalue weighted by Crippen LogP contribution is 2.15. The van der Waals surface area contributed by atoms with Gasteiger partial charge < -0.3 is 20.1 Å². The van der Waals surface area contributed by atoms with Crippen LogP contribution in [-0.2, 0) is 29.1 Å². The quantitative estimate of drug-likeness (QED) is 0.513. The summed E-state index contributed by atoms with van der Waals surface area (Å²) in [4.78, 5) is 36.1. The zero-order chi connectivity index (χ0) is 21.6. The number of urea groups is 1. The molecule has 158 valence electrons. The van der Waals surface area contributed by atoms with Crippen molar-refractivity contribution in [3.05, 3.63) is 41.6 Å². The molecule has 2 atom stereocenters. The molecule has 1 aromatic rings. The van der Waals surface area contributed by atoms with Gasteiger partial charge in [0.2, 0.25) is 10.0 Å². The molecule has 1 aliphatic heterocycles. The maximum absolute atomic E-state index is 12.3. The Morgan fingerprint density at radius 1 is 1.21 bits per heavy atom. The van der Waals surface area contributed by atoms with Gasteiger partial charge in [-0.3, -0.25) is 4.79 Å². The van der Waals surface area contributed by atoms with Crippen molar-refractivity contribution in [1.82, 2.24) is 15.4 Å². The molecule has 2 unspecified atom stereocenters. The van der Waals surface area contributed by atoms with Crippen LogP contribution in [-0.4, -0.2) is 51.7 Å². The number of esters is 2. The maximum Gasteiger partial charge on any atom is 0.338 e. The van der Waals surface area contributed by atoms with Crippen molar-refractivity contribution in [2.75, 3.05) is 13.2 Å². The number of benzene rings is 1. The SMILES string of the molecule is CCOC(=O)C1=C(COC(=O)C(C)NS(=O)(=O)c2ccccc2)NC(=O)NC1C. The number of rotatable bonds is 8. The number of hydrogen-bond donors (Lipinski definition) is 3. The topological polar surface area (TPSA) is 140 Å². The van der Waals surface area contributed by atoms with Gasteiger partial charge in [-0.15, -0.1) is 0 Å². The molecule has 0 spiro atoms. The van der Waals surface area contributed by atoms with Crippen molar-refractivity contribution in [1.29, 1.82) is 0 Å². The fourth-order valence-corrected chi connectivity index (χ4v) is 3.82. The van der Waals surface area contributed by atoms with Crippen LogP contribution < -0.4 is 15.4 Å². The Bertz CT molecular complexity index is 913. The molecular formula is C18H23N3O7S. The first-order valence-corrected chi connectivity index (χ1v) is 10.4. The molecule has 11 heteroatoms. The van der Waals surface area contributed by atoms with Gasteiger partial charge in [-0.25, -0.2) is 18.0 Å². The van der Waals surface area contributed by atoms with E-state index >= 15 is 0 Å². The van der Waals surface area contributed by atoms with E-state index in [2.05, 4.69) is 15.4 Å². The number of nitrogens with one attached hydrogen (secondary N) is 3. The molecule has 2 amide bonds. The van der Waals surface area contributed by atoms with Gasteiger partial charge in [0, 0.05) is 0 Å². The molecule has 2 rings (SSSR count). The van der Waals surface area contributed by atoms with E-state index in [-0.39, 0.29) is 22.8 Å². The predicted molar refractivity (Wildman–Crippen MR) is 102 cm³/mol. The summed E-state index contributed by atoms with van der Waals surface area (Å²) in [5, 5.41) is 4.93. The summed E-state index contributed by atoms with van der Waals surface area (Å²) in [7, 11) is -3.91. The van der Waals surface area contributed by atoms with Crippen LogP contribution in [0.2, 0.25) is 0 Å². The van der Waals surface area contributed by atoms with Gasteiger partial charge in [-0.1, -0.05) is 18.2 Å². The molecule has 1 aromatic carbocycles. The predicted octanol–water partition coefficient (Wildman–Crippen LogP) is 0.415. The molecule has 1 heterocycles. The Morgan fingerprint density at radius 3 is 2.48 bits per heavy atom. The minimum absolute atomic E-state index is 0.00592. The number of carbonyl (C=O) groups excluding carboxylic acids is 3. The van der Waals surface area contributed by atoms with Crippen LogP contribution in [0.4, 0.5) is 4.79 Å². The summed E-state index contributed by atoms with van der Waals surface area (Å²) in [6.45, 7) is 4.26. The Labute approximate surface area is 168 Å². The lowest BCUT2D eigenvalue weighted by molar-refractivity contribution is -0.145. The number of hydrogen-bond acceptors (Lipinski definition) is 7. The average Bonchev–Trinajstić information content (AvgIpc) is 2.66. The van der Waals surface area contributed by atoms with Crippen molar-refractivity contribution >= 4 is 28.0 Å². The highest BCUT2D eigenvalue weighted by Gasteiger charge is 2.31. The van der Waals surface area contributed by atoms with E-state index in [1.807, 2.05) is 0 Å². The molecule has 0 bridgehead atoms. The van der Waals surface area contributed by atoms with Crippen molar-refractivity contribution in [2.24, 2.45) is 0 Å². The van der Waals surface area contributed by atoms with E-state index in [0.717, 1.165) is 0 Å². The first-order chi connectivity index (χ1) is 13.7. The Balaban J connectivity index is 2.08. The lowest BCUT2D eigenvalue weighted by atomic mass is 10.0. The summed E-state index contributed by atoms with van der Waals surface area (Å²) < 4.78 is 36.9. The maximum atomic E-state index is 12.3. The number of sulfonamides is 1. The molecule has 0 aromatic heterocycles. The highest BCUT2D eigenvalue weighted by molar-refractivity contribution is 7.89. The number of ether oxygens (including phenoxy) is 2. The van der Waals surface area contributed by atoms with Crippen molar-refractivity contribution in [3.8, 4) is 0 Å². The van der Waals surface area contributed by atoms with Gasteiger partial charge in [0.1, 0.15) is 12.6 Å². The zero-order valence-electron chi connectivity index (χ0n) is 16.2. The van der Waals surface area contributed by atoms with Gasteiger partial charge in [0.25, 0.3) is 0 Å². The zero-order valence-corrected chi connectivity index (χ0v) is 17.0. The van der Waals surface area contributed by atoms with E-state index < -0.39 is 46.7 Å². The first kappa shape index (κ1) is 22.4.